The van der Waals surface area contributed by atoms with E-state index in [4.69, 9.17) is 0 Å². The number of nitrogens with zero attached hydrogens (tertiary/aromatic N) is 2. The molecule has 0 bridgehead atoms. The highest BCUT2D eigenvalue weighted by molar-refractivity contribution is 6.07. The average molecular weight is 431 g/mol. The maximum atomic E-state index is 13.3. The third-order valence-electron chi connectivity index (χ3n) is 6.18. The van der Waals surface area contributed by atoms with E-state index in [1.807, 2.05) is 70.3 Å². The number of para-hydroxylation sites is 1. The number of carbonyl (C=O) groups excluding carboxylic acids is 2. The number of fused-ring (bicyclic) bond motifs is 1. The summed E-state index contributed by atoms with van der Waals surface area (Å²) in [5.41, 5.74) is 4.89. The first-order valence-corrected chi connectivity index (χ1v) is 11.0. The molecule has 0 radical (unpaired) electrons. The number of benzene rings is 1. The maximum Gasteiger partial charge on any atom is 0.223 e. The first-order valence-electron chi connectivity index (χ1n) is 11.0. The van der Waals surface area contributed by atoms with Gasteiger partial charge in [-0.25, -0.2) is 0 Å². The van der Waals surface area contributed by atoms with Crippen molar-refractivity contribution >= 4 is 23.1 Å². The summed E-state index contributed by atoms with van der Waals surface area (Å²) in [5.74, 6) is 0.126. The van der Waals surface area contributed by atoms with Gasteiger partial charge in [-0.1, -0.05) is 18.2 Å². The van der Waals surface area contributed by atoms with Crippen molar-refractivity contribution < 1.29 is 9.59 Å². The summed E-state index contributed by atoms with van der Waals surface area (Å²) in [6.45, 7) is 6.05. The number of hydrogen-bond donors (Lipinski definition) is 2. The van der Waals surface area contributed by atoms with Crippen LogP contribution in [0.25, 0.3) is 11.3 Å². The molecule has 1 unspecified atom stereocenters. The minimum Gasteiger partial charge on any atom is -0.356 e. The number of carbonyl (C=O) groups is 2. The molecule has 6 nitrogen and oxygen atoms in total. The van der Waals surface area contributed by atoms with Crippen molar-refractivity contribution in [2.45, 2.75) is 45.6 Å². The summed E-state index contributed by atoms with van der Waals surface area (Å²) in [4.78, 5) is 35.5. The summed E-state index contributed by atoms with van der Waals surface area (Å²) in [6.07, 6.45) is 4.89. The zero-order chi connectivity index (χ0) is 22.9. The molecule has 1 aromatic carbocycles. The fourth-order valence-electron chi connectivity index (χ4n) is 4.17. The lowest BCUT2D eigenvalue weighted by molar-refractivity contribution is -0.135. The highest BCUT2D eigenvalue weighted by Gasteiger charge is 2.34. The van der Waals surface area contributed by atoms with E-state index in [1.165, 1.54) is 0 Å². The number of aromatic nitrogens is 2. The quantitative estimate of drug-likeness (QED) is 0.582. The van der Waals surface area contributed by atoms with E-state index in [2.05, 4.69) is 15.3 Å². The molecule has 0 aliphatic heterocycles. The first kappa shape index (κ1) is 21.8. The fourth-order valence-corrected chi connectivity index (χ4v) is 4.17. The Morgan fingerprint density at radius 1 is 1.12 bits per heavy atom. The van der Waals surface area contributed by atoms with Gasteiger partial charge in [0.25, 0.3) is 0 Å². The highest BCUT2D eigenvalue weighted by Crippen LogP contribution is 2.40. The largest absolute Gasteiger partial charge is 0.356 e. The van der Waals surface area contributed by atoms with Crippen LogP contribution in [-0.4, -0.2) is 39.1 Å². The lowest BCUT2D eigenvalue weighted by Gasteiger charge is -2.33. The molecule has 32 heavy (non-hydrogen) atoms. The smallest absolute Gasteiger partial charge is 0.223 e. The van der Waals surface area contributed by atoms with Crippen LogP contribution >= 0.6 is 0 Å². The van der Waals surface area contributed by atoms with Gasteiger partial charge in [-0.2, -0.15) is 0 Å². The summed E-state index contributed by atoms with van der Waals surface area (Å²) >= 11 is 0. The number of Topliss-reactive ketones (excluding diaryl/α,β-unsaturated/α-hetero) is 1. The van der Waals surface area contributed by atoms with E-state index in [-0.39, 0.29) is 23.1 Å². The Morgan fingerprint density at radius 3 is 2.47 bits per heavy atom. The third kappa shape index (κ3) is 4.44. The number of anilines is 2. The summed E-state index contributed by atoms with van der Waals surface area (Å²) < 4.78 is 0. The topological polar surface area (TPSA) is 78.1 Å². The molecule has 1 aliphatic rings. The van der Waals surface area contributed by atoms with Crippen molar-refractivity contribution in [3.8, 4) is 11.3 Å². The van der Waals surface area contributed by atoms with E-state index < -0.39 is 0 Å². The molecule has 0 fully saturated rings. The fraction of sp³-hybridized carbons (Fsp3) is 0.346. The molecular formula is C26H30N4O2. The predicted molar refractivity (Wildman–Crippen MR) is 127 cm³/mol. The van der Waals surface area contributed by atoms with Gasteiger partial charge in [0.15, 0.2) is 5.78 Å². The van der Waals surface area contributed by atoms with Crippen LogP contribution in [0, 0.1) is 5.92 Å². The van der Waals surface area contributed by atoms with Gasteiger partial charge in [0.1, 0.15) is 0 Å². The second-order valence-electron chi connectivity index (χ2n) is 9.48. The van der Waals surface area contributed by atoms with Gasteiger partial charge < -0.3 is 15.2 Å². The first-order chi connectivity index (χ1) is 15.2. The van der Waals surface area contributed by atoms with Crippen molar-refractivity contribution in [1.82, 2.24) is 14.9 Å². The molecule has 1 amide bonds. The summed E-state index contributed by atoms with van der Waals surface area (Å²) in [7, 11) is 1.83. The molecule has 4 rings (SSSR count). The van der Waals surface area contributed by atoms with Crippen LogP contribution in [0.5, 0.6) is 0 Å². The van der Waals surface area contributed by atoms with Crippen molar-refractivity contribution in [2.24, 2.45) is 5.92 Å². The number of aromatic amines is 1. The zero-order valence-electron chi connectivity index (χ0n) is 19.1. The van der Waals surface area contributed by atoms with Crippen molar-refractivity contribution in [3.05, 3.63) is 66.1 Å². The molecular weight excluding hydrogens is 400 g/mol. The van der Waals surface area contributed by atoms with Gasteiger partial charge in [0.05, 0.1) is 16.9 Å². The van der Waals surface area contributed by atoms with Gasteiger partial charge in [0.2, 0.25) is 5.91 Å². The molecule has 2 heterocycles. The molecule has 0 saturated heterocycles. The van der Waals surface area contributed by atoms with Gasteiger partial charge in [0, 0.05) is 54.8 Å². The molecule has 0 spiro atoms. The number of nitrogens with one attached hydrogen (secondary N) is 2. The van der Waals surface area contributed by atoms with E-state index in [9.17, 15) is 9.59 Å². The van der Waals surface area contributed by atoms with E-state index in [1.54, 1.807) is 17.3 Å². The molecule has 166 valence electrons. The zero-order valence-corrected chi connectivity index (χ0v) is 19.1. The molecule has 1 atom stereocenters. The molecule has 6 heteroatoms. The molecule has 0 saturated carbocycles. The monoisotopic (exact) mass is 430 g/mol. The van der Waals surface area contributed by atoms with E-state index in [0.29, 0.717) is 24.8 Å². The SMILES string of the molecule is CN(C(=O)CC1CC(=O)c2c([nH]c(-c3ccncc3)c2Nc2ccccc2)C1)C(C)(C)C. The van der Waals surface area contributed by atoms with Crippen LogP contribution < -0.4 is 5.32 Å². The van der Waals surface area contributed by atoms with Gasteiger partial charge >= 0.3 is 0 Å². The maximum absolute atomic E-state index is 13.3. The van der Waals surface area contributed by atoms with Crippen LogP contribution in [0.15, 0.2) is 54.9 Å². The van der Waals surface area contributed by atoms with Crippen LogP contribution in [0.2, 0.25) is 0 Å². The molecule has 2 aromatic heterocycles. The number of H-pyrrole nitrogens is 1. The van der Waals surface area contributed by atoms with Gasteiger partial charge in [-0.05, 0) is 57.4 Å². The Balaban J connectivity index is 1.67. The third-order valence-corrected chi connectivity index (χ3v) is 6.18. The lowest BCUT2D eigenvalue weighted by Crippen LogP contribution is -2.43. The lowest BCUT2D eigenvalue weighted by atomic mass is 9.83. The van der Waals surface area contributed by atoms with Crippen molar-refractivity contribution in [2.75, 3.05) is 12.4 Å². The second-order valence-corrected chi connectivity index (χ2v) is 9.48. The molecule has 1 aliphatic carbocycles. The number of pyridine rings is 1. The van der Waals surface area contributed by atoms with Crippen LogP contribution in [0.3, 0.4) is 0 Å². The number of rotatable bonds is 5. The van der Waals surface area contributed by atoms with Crippen LogP contribution in [0.1, 0.15) is 49.7 Å². The average Bonchev–Trinajstić information content (AvgIpc) is 3.12. The molecule has 2 N–H and O–H groups in total. The molecule has 3 aromatic rings. The summed E-state index contributed by atoms with van der Waals surface area (Å²) in [5, 5.41) is 3.46. The minimum atomic E-state index is -0.241. The summed E-state index contributed by atoms with van der Waals surface area (Å²) in [6, 6.07) is 13.7. The minimum absolute atomic E-state index is 0.0131. The standard InChI is InChI=1S/C26H30N4O2/c1-26(2,3)30(4)22(32)16-17-14-20-23(21(31)15-17)25(28-19-8-6-5-7-9-19)24(29-20)18-10-12-27-13-11-18/h5-13,17,28-29H,14-16H2,1-4H3. The van der Waals surface area contributed by atoms with Gasteiger partial charge in [-0.15, -0.1) is 0 Å². The highest BCUT2D eigenvalue weighted by atomic mass is 16.2. The van der Waals surface area contributed by atoms with Crippen LogP contribution in [-0.2, 0) is 11.2 Å². The van der Waals surface area contributed by atoms with E-state index >= 15 is 0 Å². The predicted octanol–water partition coefficient (Wildman–Crippen LogP) is 5.21. The Labute approximate surface area is 189 Å². The second kappa shape index (κ2) is 8.61. The Bertz CT molecular complexity index is 1110. The number of hydrogen-bond acceptors (Lipinski definition) is 4. The normalized spacial score (nSPS) is 15.9. The van der Waals surface area contributed by atoms with Gasteiger partial charge in [-0.3, -0.25) is 14.6 Å². The van der Waals surface area contributed by atoms with Crippen LogP contribution in [0.4, 0.5) is 11.4 Å². The van der Waals surface area contributed by atoms with Crippen molar-refractivity contribution in [3.63, 3.8) is 0 Å². The Kier molecular flexibility index (Phi) is 5.87. The Hall–Kier alpha value is -3.41. The van der Waals surface area contributed by atoms with E-state index in [0.717, 1.165) is 28.3 Å². The van der Waals surface area contributed by atoms with Crippen molar-refractivity contribution in [1.29, 1.82) is 0 Å². The Morgan fingerprint density at radius 2 is 1.81 bits per heavy atom. The number of ketones is 1. The number of amides is 1.